The van der Waals surface area contributed by atoms with Crippen LogP contribution in [0.1, 0.15) is 17.1 Å². The fourth-order valence-corrected chi connectivity index (χ4v) is 1.64. The van der Waals surface area contributed by atoms with Gasteiger partial charge in [-0.25, -0.2) is 9.37 Å². The molecule has 0 bridgehead atoms. The number of aromatic nitrogens is 1. The van der Waals surface area contributed by atoms with Gasteiger partial charge in [0.05, 0.1) is 10.7 Å². The number of nitrogens with two attached hydrogens (primary N) is 1. The largest absolute Gasteiger partial charge is 0.330 e. The van der Waals surface area contributed by atoms with Gasteiger partial charge in [-0.3, -0.25) is 0 Å². The predicted octanol–water partition coefficient (Wildman–Crippen LogP) is 1.68. The Balaban J connectivity index is 2.41. The van der Waals surface area contributed by atoms with E-state index in [1.54, 1.807) is 11.3 Å². The maximum atomic E-state index is 13.0. The molecule has 0 aliphatic heterocycles. The van der Waals surface area contributed by atoms with E-state index in [1.165, 1.54) is 0 Å². The second-order valence-corrected chi connectivity index (χ2v) is 3.80. The molecule has 0 fully saturated rings. The van der Waals surface area contributed by atoms with Crippen LogP contribution in [0.25, 0.3) is 0 Å². The van der Waals surface area contributed by atoms with Crippen molar-refractivity contribution >= 4 is 11.3 Å². The maximum Gasteiger partial charge on any atom is 0.107 e. The molecule has 0 aliphatic carbocycles. The van der Waals surface area contributed by atoms with Crippen molar-refractivity contribution in [2.45, 2.75) is 25.9 Å². The molecule has 4 heteroatoms. The quantitative estimate of drug-likeness (QED) is 0.780. The first kappa shape index (κ1) is 9.61. The first-order valence-electron chi connectivity index (χ1n) is 3.97. The highest BCUT2D eigenvalue weighted by Gasteiger charge is 2.08. The molecule has 2 N–H and O–H groups in total. The molecule has 0 radical (unpaired) electrons. The molecular formula is C8H13FN2S. The first-order chi connectivity index (χ1) is 5.72. The van der Waals surface area contributed by atoms with Gasteiger partial charge in [-0.05, 0) is 19.9 Å². The van der Waals surface area contributed by atoms with Crippen molar-refractivity contribution in [3.63, 3.8) is 0 Å². The number of hydrogen-bond acceptors (Lipinski definition) is 3. The van der Waals surface area contributed by atoms with E-state index in [4.69, 9.17) is 5.73 Å². The van der Waals surface area contributed by atoms with Gasteiger partial charge in [0.25, 0.3) is 0 Å². The van der Waals surface area contributed by atoms with Crippen molar-refractivity contribution in [3.8, 4) is 0 Å². The molecule has 0 aromatic carbocycles. The molecule has 1 heterocycles. The highest BCUT2D eigenvalue weighted by Crippen LogP contribution is 2.12. The zero-order chi connectivity index (χ0) is 8.97. The van der Waals surface area contributed by atoms with Gasteiger partial charge in [0.2, 0.25) is 0 Å². The van der Waals surface area contributed by atoms with Crippen molar-refractivity contribution in [1.82, 2.24) is 4.98 Å². The first-order valence-corrected chi connectivity index (χ1v) is 4.85. The Kier molecular flexibility index (Phi) is 3.62. The van der Waals surface area contributed by atoms with Gasteiger partial charge in [-0.2, -0.15) is 0 Å². The summed E-state index contributed by atoms with van der Waals surface area (Å²) in [5, 5.41) is 2.89. The van der Waals surface area contributed by atoms with Crippen LogP contribution in [0, 0.1) is 6.92 Å². The summed E-state index contributed by atoms with van der Waals surface area (Å²) in [6, 6.07) is 0. The van der Waals surface area contributed by atoms with Gasteiger partial charge in [-0.15, -0.1) is 11.3 Å². The highest BCUT2D eigenvalue weighted by molar-refractivity contribution is 7.09. The third-order valence-corrected chi connectivity index (χ3v) is 2.40. The van der Waals surface area contributed by atoms with Crippen LogP contribution in [0.15, 0.2) is 5.38 Å². The van der Waals surface area contributed by atoms with E-state index in [2.05, 4.69) is 4.98 Å². The van der Waals surface area contributed by atoms with Crippen molar-refractivity contribution in [2.24, 2.45) is 5.73 Å². The van der Waals surface area contributed by atoms with Crippen LogP contribution in [-0.2, 0) is 6.42 Å². The third-order valence-electron chi connectivity index (χ3n) is 1.58. The standard InChI is InChI=1S/C8H13FN2S/c1-6-11-8(5-12-6)4-7(9)2-3-10/h5,7H,2-4,10H2,1H3. The number of nitrogens with zero attached hydrogens (tertiary/aromatic N) is 1. The number of hydrogen-bond donors (Lipinski definition) is 1. The molecule has 12 heavy (non-hydrogen) atoms. The van der Waals surface area contributed by atoms with Gasteiger partial charge >= 0.3 is 0 Å². The summed E-state index contributed by atoms with van der Waals surface area (Å²) in [6.45, 7) is 2.33. The number of aryl methyl sites for hydroxylation is 1. The lowest BCUT2D eigenvalue weighted by Gasteiger charge is -2.02. The molecule has 0 aliphatic rings. The number of halogens is 1. The third kappa shape index (κ3) is 2.87. The van der Waals surface area contributed by atoms with Crippen LogP contribution in [0.3, 0.4) is 0 Å². The number of alkyl halides is 1. The fraction of sp³-hybridized carbons (Fsp3) is 0.625. The molecule has 1 atom stereocenters. The van der Waals surface area contributed by atoms with E-state index in [0.29, 0.717) is 19.4 Å². The van der Waals surface area contributed by atoms with E-state index < -0.39 is 6.17 Å². The monoisotopic (exact) mass is 188 g/mol. The molecule has 0 saturated carbocycles. The maximum absolute atomic E-state index is 13.0. The Morgan fingerprint density at radius 3 is 3.00 bits per heavy atom. The van der Waals surface area contributed by atoms with Crippen molar-refractivity contribution in [2.75, 3.05) is 6.54 Å². The summed E-state index contributed by atoms with van der Waals surface area (Å²) in [6.07, 6.45) is -0.00511. The van der Waals surface area contributed by atoms with Crippen LogP contribution >= 0.6 is 11.3 Å². The lowest BCUT2D eigenvalue weighted by molar-refractivity contribution is 0.315. The van der Waals surface area contributed by atoms with Crippen LogP contribution in [0.5, 0.6) is 0 Å². The molecule has 1 rings (SSSR count). The molecule has 0 saturated heterocycles. The van der Waals surface area contributed by atoms with Gasteiger partial charge in [-0.1, -0.05) is 0 Å². The van der Waals surface area contributed by atoms with E-state index in [0.717, 1.165) is 10.7 Å². The topological polar surface area (TPSA) is 38.9 Å². The smallest absolute Gasteiger partial charge is 0.107 e. The minimum absolute atomic E-state index is 0.404. The van der Waals surface area contributed by atoms with Gasteiger partial charge < -0.3 is 5.73 Å². The molecule has 1 aromatic heterocycles. The minimum atomic E-state index is -0.837. The molecule has 1 aromatic rings. The fourth-order valence-electron chi connectivity index (χ4n) is 1.01. The van der Waals surface area contributed by atoms with Gasteiger partial charge in [0, 0.05) is 11.8 Å². The summed E-state index contributed by atoms with van der Waals surface area (Å²) in [5.41, 5.74) is 6.08. The summed E-state index contributed by atoms with van der Waals surface area (Å²) in [5.74, 6) is 0. The van der Waals surface area contributed by atoms with Crippen molar-refractivity contribution in [1.29, 1.82) is 0 Å². The zero-order valence-corrected chi connectivity index (χ0v) is 7.90. The van der Waals surface area contributed by atoms with Crippen LogP contribution in [0.2, 0.25) is 0 Å². The average Bonchev–Trinajstić information content (AvgIpc) is 2.36. The summed E-state index contributed by atoms with van der Waals surface area (Å²) in [4.78, 5) is 4.17. The van der Waals surface area contributed by atoms with Crippen LogP contribution < -0.4 is 5.73 Å². The Morgan fingerprint density at radius 2 is 2.50 bits per heavy atom. The molecule has 1 unspecified atom stereocenters. The van der Waals surface area contributed by atoms with E-state index in [-0.39, 0.29) is 0 Å². The van der Waals surface area contributed by atoms with Crippen LogP contribution in [-0.4, -0.2) is 17.7 Å². The van der Waals surface area contributed by atoms with E-state index in [1.807, 2.05) is 12.3 Å². The van der Waals surface area contributed by atoms with Gasteiger partial charge in [0.15, 0.2) is 0 Å². The molecule has 0 spiro atoms. The molecule has 2 nitrogen and oxygen atoms in total. The van der Waals surface area contributed by atoms with E-state index in [9.17, 15) is 4.39 Å². The normalized spacial score (nSPS) is 13.2. The Morgan fingerprint density at radius 1 is 1.75 bits per heavy atom. The molecule has 68 valence electrons. The summed E-state index contributed by atoms with van der Waals surface area (Å²) >= 11 is 1.56. The van der Waals surface area contributed by atoms with Crippen LogP contribution in [0.4, 0.5) is 4.39 Å². The van der Waals surface area contributed by atoms with Crippen molar-refractivity contribution in [3.05, 3.63) is 16.1 Å². The molecule has 0 amide bonds. The lowest BCUT2D eigenvalue weighted by Crippen LogP contribution is -2.11. The summed E-state index contributed by atoms with van der Waals surface area (Å²) < 4.78 is 13.0. The SMILES string of the molecule is Cc1nc(CC(F)CCN)cs1. The average molecular weight is 188 g/mol. The van der Waals surface area contributed by atoms with E-state index >= 15 is 0 Å². The number of rotatable bonds is 4. The second kappa shape index (κ2) is 4.52. The molecular weight excluding hydrogens is 175 g/mol. The Labute approximate surface area is 75.6 Å². The van der Waals surface area contributed by atoms with Gasteiger partial charge in [0.1, 0.15) is 6.17 Å². The number of thiazole rings is 1. The minimum Gasteiger partial charge on any atom is -0.330 e. The Hall–Kier alpha value is -0.480. The second-order valence-electron chi connectivity index (χ2n) is 2.74. The lowest BCUT2D eigenvalue weighted by atomic mass is 10.2. The predicted molar refractivity (Wildman–Crippen MR) is 49.1 cm³/mol. The Bertz CT molecular complexity index is 237. The zero-order valence-electron chi connectivity index (χ0n) is 7.09. The summed E-state index contributed by atoms with van der Waals surface area (Å²) in [7, 11) is 0. The van der Waals surface area contributed by atoms with Crippen molar-refractivity contribution < 1.29 is 4.39 Å². The highest BCUT2D eigenvalue weighted by atomic mass is 32.1.